The summed E-state index contributed by atoms with van der Waals surface area (Å²) >= 11 is 0. The molecular weight excluding hydrogens is 345 g/mol. The third-order valence-electron chi connectivity index (χ3n) is 5.43. The molecule has 0 aliphatic heterocycles. The molecule has 1 aromatic carbocycles. The molecule has 2 aliphatic carbocycles. The SMILES string of the molecule is CCNC(=NCC1CCCC1O)NC(C)c1ccc(OCC2CC2)c(F)c1. The highest BCUT2D eigenvalue weighted by molar-refractivity contribution is 5.80. The molecule has 150 valence electrons. The Kier molecular flexibility index (Phi) is 6.94. The molecule has 3 atom stereocenters. The van der Waals surface area contributed by atoms with Crippen LogP contribution in [0.2, 0.25) is 0 Å². The van der Waals surface area contributed by atoms with E-state index in [1.54, 1.807) is 6.07 Å². The van der Waals surface area contributed by atoms with Crippen molar-refractivity contribution < 1.29 is 14.2 Å². The number of aliphatic imine (C=N–C) groups is 1. The summed E-state index contributed by atoms with van der Waals surface area (Å²) in [5, 5.41) is 16.5. The van der Waals surface area contributed by atoms with Crippen LogP contribution in [0.5, 0.6) is 5.75 Å². The number of benzene rings is 1. The van der Waals surface area contributed by atoms with Gasteiger partial charge in [-0.05, 0) is 63.1 Å². The molecule has 0 bridgehead atoms. The van der Waals surface area contributed by atoms with Crippen molar-refractivity contribution in [2.45, 2.75) is 58.1 Å². The summed E-state index contributed by atoms with van der Waals surface area (Å²) in [7, 11) is 0. The molecule has 27 heavy (non-hydrogen) atoms. The first-order valence-corrected chi connectivity index (χ1v) is 10.2. The largest absolute Gasteiger partial charge is 0.490 e. The molecular formula is C21H32FN3O2. The lowest BCUT2D eigenvalue weighted by Crippen LogP contribution is -2.39. The molecule has 0 aromatic heterocycles. The van der Waals surface area contributed by atoms with E-state index in [4.69, 9.17) is 4.74 Å². The minimum atomic E-state index is -0.321. The molecule has 0 saturated heterocycles. The summed E-state index contributed by atoms with van der Waals surface area (Å²) in [6.45, 7) is 5.95. The van der Waals surface area contributed by atoms with E-state index in [1.165, 1.54) is 18.9 Å². The normalized spacial score (nSPS) is 23.9. The van der Waals surface area contributed by atoms with Gasteiger partial charge in [0.1, 0.15) is 0 Å². The second-order valence-corrected chi connectivity index (χ2v) is 7.79. The molecule has 2 fully saturated rings. The van der Waals surface area contributed by atoms with Crippen molar-refractivity contribution >= 4 is 5.96 Å². The summed E-state index contributed by atoms with van der Waals surface area (Å²) in [5.41, 5.74) is 0.845. The smallest absolute Gasteiger partial charge is 0.191 e. The van der Waals surface area contributed by atoms with E-state index in [9.17, 15) is 9.50 Å². The van der Waals surface area contributed by atoms with Gasteiger partial charge in [-0.25, -0.2) is 4.39 Å². The summed E-state index contributed by atoms with van der Waals surface area (Å²) < 4.78 is 19.9. The van der Waals surface area contributed by atoms with Gasteiger partial charge in [-0.15, -0.1) is 0 Å². The van der Waals surface area contributed by atoms with Gasteiger partial charge >= 0.3 is 0 Å². The molecule has 0 heterocycles. The van der Waals surface area contributed by atoms with Gasteiger partial charge in [-0.1, -0.05) is 12.5 Å². The number of aliphatic hydroxyl groups is 1. The third-order valence-corrected chi connectivity index (χ3v) is 5.43. The van der Waals surface area contributed by atoms with Crippen molar-refractivity contribution in [1.82, 2.24) is 10.6 Å². The highest BCUT2D eigenvalue weighted by Crippen LogP contribution is 2.30. The Balaban J connectivity index is 1.58. The lowest BCUT2D eigenvalue weighted by Gasteiger charge is -2.20. The zero-order valence-corrected chi connectivity index (χ0v) is 16.4. The van der Waals surface area contributed by atoms with Crippen LogP contribution in [0.1, 0.15) is 57.6 Å². The number of ether oxygens (including phenoxy) is 1. The molecule has 0 spiro atoms. The molecule has 0 amide bonds. The highest BCUT2D eigenvalue weighted by atomic mass is 19.1. The molecule has 3 unspecified atom stereocenters. The quantitative estimate of drug-likeness (QED) is 0.480. The molecule has 2 aliphatic rings. The van der Waals surface area contributed by atoms with E-state index in [1.807, 2.05) is 19.9 Å². The topological polar surface area (TPSA) is 65.9 Å². The van der Waals surface area contributed by atoms with Gasteiger partial charge in [0.25, 0.3) is 0 Å². The Morgan fingerprint density at radius 2 is 2.15 bits per heavy atom. The van der Waals surface area contributed by atoms with Gasteiger partial charge in [0.05, 0.1) is 18.8 Å². The van der Waals surface area contributed by atoms with Crippen molar-refractivity contribution in [2.75, 3.05) is 19.7 Å². The molecule has 1 aromatic rings. The van der Waals surface area contributed by atoms with E-state index in [-0.39, 0.29) is 23.9 Å². The number of nitrogens with one attached hydrogen (secondary N) is 2. The maximum Gasteiger partial charge on any atom is 0.191 e. The summed E-state index contributed by atoms with van der Waals surface area (Å²) in [6, 6.07) is 5.05. The zero-order chi connectivity index (χ0) is 19.2. The Hall–Kier alpha value is -1.82. The first-order chi connectivity index (χ1) is 13.1. The molecule has 6 heteroatoms. The van der Waals surface area contributed by atoms with E-state index in [0.717, 1.165) is 31.4 Å². The standard InChI is InChI=1S/C21H32FN3O2/c1-3-23-21(24-12-17-5-4-6-19(17)26)25-14(2)16-9-10-20(18(22)11-16)27-13-15-7-8-15/h9-11,14-15,17,19,26H,3-8,12-13H2,1-2H3,(H2,23,24,25). The van der Waals surface area contributed by atoms with Gasteiger partial charge in [-0.2, -0.15) is 0 Å². The van der Waals surface area contributed by atoms with Crippen LogP contribution in [0.25, 0.3) is 0 Å². The highest BCUT2D eigenvalue weighted by Gasteiger charge is 2.25. The van der Waals surface area contributed by atoms with Gasteiger partial charge in [0.2, 0.25) is 0 Å². The Bertz CT molecular complexity index is 648. The molecule has 5 nitrogen and oxygen atoms in total. The number of rotatable bonds is 8. The number of aliphatic hydroxyl groups excluding tert-OH is 1. The Labute approximate surface area is 161 Å². The molecule has 3 N–H and O–H groups in total. The van der Waals surface area contributed by atoms with Gasteiger partial charge in [-0.3, -0.25) is 4.99 Å². The van der Waals surface area contributed by atoms with Crippen molar-refractivity contribution in [3.05, 3.63) is 29.6 Å². The van der Waals surface area contributed by atoms with Crippen LogP contribution in [0.3, 0.4) is 0 Å². The zero-order valence-electron chi connectivity index (χ0n) is 16.4. The van der Waals surface area contributed by atoms with E-state index in [0.29, 0.717) is 30.8 Å². The maximum absolute atomic E-state index is 14.3. The summed E-state index contributed by atoms with van der Waals surface area (Å²) in [5.74, 6) is 1.53. The average Bonchev–Trinajstić information content (AvgIpc) is 3.39. The Morgan fingerprint density at radius 1 is 1.33 bits per heavy atom. The predicted octanol–water partition coefficient (Wildman–Crippen LogP) is 3.39. The second-order valence-electron chi connectivity index (χ2n) is 7.79. The molecule has 2 saturated carbocycles. The van der Waals surface area contributed by atoms with E-state index in [2.05, 4.69) is 15.6 Å². The van der Waals surface area contributed by atoms with Crippen LogP contribution in [0.15, 0.2) is 23.2 Å². The number of hydrogen-bond donors (Lipinski definition) is 3. The molecule has 0 radical (unpaired) electrons. The number of guanidine groups is 1. The number of nitrogens with zero attached hydrogens (tertiary/aromatic N) is 1. The minimum Gasteiger partial charge on any atom is -0.490 e. The van der Waals surface area contributed by atoms with E-state index >= 15 is 0 Å². The van der Waals surface area contributed by atoms with Gasteiger partial charge in [0.15, 0.2) is 17.5 Å². The lowest BCUT2D eigenvalue weighted by atomic mass is 10.1. The predicted molar refractivity (Wildman–Crippen MR) is 105 cm³/mol. The van der Waals surface area contributed by atoms with E-state index < -0.39 is 0 Å². The number of halogens is 1. The van der Waals surface area contributed by atoms with Crippen molar-refractivity contribution in [2.24, 2.45) is 16.8 Å². The van der Waals surface area contributed by atoms with Crippen LogP contribution in [0, 0.1) is 17.7 Å². The van der Waals surface area contributed by atoms with Gasteiger partial charge < -0.3 is 20.5 Å². The molecule has 3 rings (SSSR count). The maximum atomic E-state index is 14.3. The fourth-order valence-electron chi connectivity index (χ4n) is 3.44. The van der Waals surface area contributed by atoms with Crippen molar-refractivity contribution in [3.63, 3.8) is 0 Å². The third kappa shape index (κ3) is 5.83. The first-order valence-electron chi connectivity index (χ1n) is 10.2. The van der Waals surface area contributed by atoms with Crippen LogP contribution in [-0.4, -0.2) is 36.9 Å². The second kappa shape index (κ2) is 9.40. The van der Waals surface area contributed by atoms with Crippen LogP contribution >= 0.6 is 0 Å². The Morgan fingerprint density at radius 3 is 2.78 bits per heavy atom. The average molecular weight is 378 g/mol. The first kappa shape index (κ1) is 19.9. The number of hydrogen-bond acceptors (Lipinski definition) is 3. The van der Waals surface area contributed by atoms with Crippen LogP contribution in [0.4, 0.5) is 4.39 Å². The van der Waals surface area contributed by atoms with Crippen LogP contribution < -0.4 is 15.4 Å². The van der Waals surface area contributed by atoms with Crippen LogP contribution in [-0.2, 0) is 0 Å². The fraction of sp³-hybridized carbons (Fsp3) is 0.667. The fourth-order valence-corrected chi connectivity index (χ4v) is 3.44. The summed E-state index contributed by atoms with van der Waals surface area (Å²) in [6.07, 6.45) is 5.08. The monoisotopic (exact) mass is 377 g/mol. The van der Waals surface area contributed by atoms with Crippen molar-refractivity contribution in [1.29, 1.82) is 0 Å². The minimum absolute atomic E-state index is 0.0942. The van der Waals surface area contributed by atoms with Gasteiger partial charge in [0, 0.05) is 19.0 Å². The summed E-state index contributed by atoms with van der Waals surface area (Å²) in [4.78, 5) is 4.62. The van der Waals surface area contributed by atoms with Crippen molar-refractivity contribution in [3.8, 4) is 5.75 Å². The lowest BCUT2D eigenvalue weighted by molar-refractivity contribution is 0.136.